The normalized spacial score (nSPS) is 11.0. The van der Waals surface area contributed by atoms with Gasteiger partial charge >= 0.3 is 0 Å². The Morgan fingerprint density at radius 2 is 1.48 bits per heavy atom. The molecule has 0 fully saturated rings. The predicted molar refractivity (Wildman–Crippen MR) is 86.9 cm³/mol. The van der Waals surface area contributed by atoms with Crippen molar-refractivity contribution in [2.75, 3.05) is 5.73 Å². The largest absolute Gasteiger partial charge is 0.383 e. The van der Waals surface area contributed by atoms with Gasteiger partial charge in [0.25, 0.3) is 0 Å². The third-order valence-electron chi connectivity index (χ3n) is 3.64. The molecule has 4 aromatic rings. The Morgan fingerprint density at radius 3 is 2.38 bits per heavy atom. The van der Waals surface area contributed by atoms with E-state index >= 15 is 0 Å². The summed E-state index contributed by atoms with van der Waals surface area (Å²) in [5.41, 5.74) is 7.90. The standard InChI is InChI=1S/C18H13N3/c19-17-15-7-3-4-8-16(15)20-18(21-17)14-10-9-12-5-1-2-6-13(12)11-14/h1-11H,(H2,19,20,21). The second-order valence-electron chi connectivity index (χ2n) is 5.01. The molecular weight excluding hydrogens is 258 g/mol. The van der Waals surface area contributed by atoms with Crippen molar-refractivity contribution in [3.05, 3.63) is 66.7 Å². The molecule has 0 bridgehead atoms. The Morgan fingerprint density at radius 1 is 0.714 bits per heavy atom. The van der Waals surface area contributed by atoms with Gasteiger partial charge in [0.1, 0.15) is 5.82 Å². The van der Waals surface area contributed by atoms with E-state index in [1.54, 1.807) is 0 Å². The molecule has 1 heterocycles. The van der Waals surface area contributed by atoms with Crippen molar-refractivity contribution in [3.63, 3.8) is 0 Å². The Kier molecular flexibility index (Phi) is 2.57. The number of aromatic nitrogens is 2. The highest BCUT2D eigenvalue weighted by Gasteiger charge is 2.07. The molecule has 3 heteroatoms. The van der Waals surface area contributed by atoms with Crippen LogP contribution >= 0.6 is 0 Å². The average molecular weight is 271 g/mol. The number of hydrogen-bond acceptors (Lipinski definition) is 3. The first-order valence-corrected chi connectivity index (χ1v) is 6.83. The van der Waals surface area contributed by atoms with Crippen molar-refractivity contribution in [2.24, 2.45) is 0 Å². The molecule has 0 aliphatic heterocycles. The topological polar surface area (TPSA) is 51.8 Å². The number of hydrogen-bond donors (Lipinski definition) is 1. The van der Waals surface area contributed by atoms with Crippen molar-refractivity contribution in [1.29, 1.82) is 0 Å². The number of rotatable bonds is 1. The number of anilines is 1. The van der Waals surface area contributed by atoms with Crippen LogP contribution < -0.4 is 5.73 Å². The number of para-hydroxylation sites is 1. The van der Waals surface area contributed by atoms with Gasteiger partial charge < -0.3 is 5.73 Å². The van der Waals surface area contributed by atoms with Crippen molar-refractivity contribution < 1.29 is 0 Å². The number of benzene rings is 3. The lowest BCUT2D eigenvalue weighted by molar-refractivity contribution is 1.24. The highest BCUT2D eigenvalue weighted by molar-refractivity contribution is 5.91. The molecule has 0 unspecified atom stereocenters. The molecule has 0 saturated carbocycles. The summed E-state index contributed by atoms with van der Waals surface area (Å²) in [6.45, 7) is 0. The fourth-order valence-corrected chi connectivity index (χ4v) is 2.56. The van der Waals surface area contributed by atoms with Gasteiger partial charge in [-0.1, -0.05) is 48.5 Å². The van der Waals surface area contributed by atoms with Crippen LogP contribution in [0.4, 0.5) is 5.82 Å². The van der Waals surface area contributed by atoms with Gasteiger partial charge in [0.15, 0.2) is 5.82 Å². The zero-order valence-electron chi connectivity index (χ0n) is 11.3. The van der Waals surface area contributed by atoms with E-state index in [0.717, 1.165) is 16.5 Å². The first-order valence-electron chi connectivity index (χ1n) is 6.83. The lowest BCUT2D eigenvalue weighted by atomic mass is 10.1. The first kappa shape index (κ1) is 11.9. The van der Waals surface area contributed by atoms with E-state index in [2.05, 4.69) is 34.2 Å². The van der Waals surface area contributed by atoms with Crippen LogP contribution in [0.25, 0.3) is 33.1 Å². The number of nitrogens with zero attached hydrogens (tertiary/aromatic N) is 2. The van der Waals surface area contributed by atoms with Crippen molar-refractivity contribution >= 4 is 27.5 Å². The van der Waals surface area contributed by atoms with Gasteiger partial charge in [-0.2, -0.15) is 0 Å². The average Bonchev–Trinajstić information content (AvgIpc) is 2.54. The Balaban J connectivity index is 1.95. The maximum absolute atomic E-state index is 6.06. The third-order valence-corrected chi connectivity index (χ3v) is 3.64. The van der Waals surface area contributed by atoms with Crippen molar-refractivity contribution in [1.82, 2.24) is 9.97 Å². The Bertz CT molecular complexity index is 961. The minimum Gasteiger partial charge on any atom is -0.383 e. The highest BCUT2D eigenvalue weighted by Crippen LogP contribution is 2.25. The summed E-state index contributed by atoms with van der Waals surface area (Å²) < 4.78 is 0. The first-order chi connectivity index (χ1) is 10.3. The summed E-state index contributed by atoms with van der Waals surface area (Å²) in [6.07, 6.45) is 0. The van der Waals surface area contributed by atoms with Crippen LogP contribution in [0.2, 0.25) is 0 Å². The van der Waals surface area contributed by atoms with E-state index < -0.39 is 0 Å². The van der Waals surface area contributed by atoms with Gasteiger partial charge in [0, 0.05) is 10.9 Å². The summed E-state index contributed by atoms with van der Waals surface area (Å²) in [6, 6.07) is 22.2. The molecule has 1 aromatic heterocycles. The van der Waals surface area contributed by atoms with Crippen molar-refractivity contribution in [3.8, 4) is 11.4 Å². The van der Waals surface area contributed by atoms with Crippen LogP contribution in [-0.2, 0) is 0 Å². The zero-order valence-corrected chi connectivity index (χ0v) is 11.3. The Hall–Kier alpha value is -2.94. The molecule has 2 N–H and O–H groups in total. The summed E-state index contributed by atoms with van der Waals surface area (Å²) in [7, 11) is 0. The molecule has 21 heavy (non-hydrogen) atoms. The van der Waals surface area contributed by atoms with E-state index in [9.17, 15) is 0 Å². The molecule has 0 saturated heterocycles. The second kappa shape index (κ2) is 4.56. The van der Waals surface area contributed by atoms with Gasteiger partial charge in [-0.25, -0.2) is 9.97 Å². The lowest BCUT2D eigenvalue weighted by Crippen LogP contribution is -1.97. The second-order valence-corrected chi connectivity index (χ2v) is 5.01. The molecule has 3 aromatic carbocycles. The molecule has 0 radical (unpaired) electrons. The van der Waals surface area contributed by atoms with Gasteiger partial charge in [0.05, 0.1) is 5.52 Å². The van der Waals surface area contributed by atoms with Crippen LogP contribution in [0.1, 0.15) is 0 Å². The number of nitrogens with two attached hydrogens (primary N) is 1. The molecule has 0 spiro atoms. The van der Waals surface area contributed by atoms with Crippen LogP contribution in [0.3, 0.4) is 0 Å². The van der Waals surface area contributed by atoms with E-state index in [0.29, 0.717) is 11.6 Å². The predicted octanol–water partition coefficient (Wildman–Crippen LogP) is 4.03. The van der Waals surface area contributed by atoms with E-state index in [1.807, 2.05) is 42.5 Å². The molecule has 0 aliphatic carbocycles. The van der Waals surface area contributed by atoms with Gasteiger partial charge in [0.2, 0.25) is 0 Å². The molecule has 0 atom stereocenters. The summed E-state index contributed by atoms with van der Waals surface area (Å²) >= 11 is 0. The molecule has 3 nitrogen and oxygen atoms in total. The van der Waals surface area contributed by atoms with Crippen LogP contribution in [0.5, 0.6) is 0 Å². The zero-order chi connectivity index (χ0) is 14.2. The van der Waals surface area contributed by atoms with Gasteiger partial charge in [-0.15, -0.1) is 0 Å². The molecule has 4 rings (SSSR count). The van der Waals surface area contributed by atoms with E-state index in [4.69, 9.17) is 5.73 Å². The molecule has 0 aliphatic rings. The summed E-state index contributed by atoms with van der Waals surface area (Å²) in [5, 5.41) is 3.27. The van der Waals surface area contributed by atoms with E-state index in [-0.39, 0.29) is 0 Å². The fourth-order valence-electron chi connectivity index (χ4n) is 2.56. The van der Waals surface area contributed by atoms with Crippen LogP contribution in [0.15, 0.2) is 66.7 Å². The molecular formula is C18H13N3. The quantitative estimate of drug-likeness (QED) is 0.568. The minimum atomic E-state index is 0.517. The van der Waals surface area contributed by atoms with Crippen LogP contribution in [-0.4, -0.2) is 9.97 Å². The number of fused-ring (bicyclic) bond motifs is 2. The van der Waals surface area contributed by atoms with Crippen molar-refractivity contribution in [2.45, 2.75) is 0 Å². The summed E-state index contributed by atoms with van der Waals surface area (Å²) in [4.78, 5) is 9.07. The smallest absolute Gasteiger partial charge is 0.162 e. The lowest BCUT2D eigenvalue weighted by Gasteiger charge is -2.06. The van der Waals surface area contributed by atoms with Gasteiger partial charge in [-0.3, -0.25) is 0 Å². The van der Waals surface area contributed by atoms with E-state index in [1.165, 1.54) is 10.8 Å². The summed E-state index contributed by atoms with van der Waals surface area (Å²) in [5.74, 6) is 1.18. The molecule has 0 amide bonds. The highest BCUT2D eigenvalue weighted by atomic mass is 14.9. The fraction of sp³-hybridized carbons (Fsp3) is 0. The Labute approximate surface area is 122 Å². The van der Waals surface area contributed by atoms with Gasteiger partial charge in [-0.05, 0) is 29.0 Å². The van der Waals surface area contributed by atoms with Crippen LogP contribution in [0, 0.1) is 0 Å². The monoisotopic (exact) mass is 271 g/mol. The SMILES string of the molecule is Nc1nc(-c2ccc3ccccc3c2)nc2ccccc12. The minimum absolute atomic E-state index is 0.517. The number of nitrogen functional groups attached to an aromatic ring is 1. The third kappa shape index (κ3) is 1.99. The maximum atomic E-state index is 6.06. The maximum Gasteiger partial charge on any atom is 0.162 e. The molecule has 100 valence electrons.